The van der Waals surface area contributed by atoms with E-state index >= 15 is 0 Å². The summed E-state index contributed by atoms with van der Waals surface area (Å²) in [6.45, 7) is 4.36. The summed E-state index contributed by atoms with van der Waals surface area (Å²) >= 11 is 0. The van der Waals surface area contributed by atoms with Gasteiger partial charge in [0, 0.05) is 6.26 Å². The van der Waals surface area contributed by atoms with E-state index in [0.717, 1.165) is 12.7 Å². The summed E-state index contributed by atoms with van der Waals surface area (Å²) in [7, 11) is -3.63. The third kappa shape index (κ3) is 2.82. The lowest BCUT2D eigenvalue weighted by atomic mass is 9.73. The Morgan fingerprint density at radius 3 is 2.25 bits per heavy atom. The summed E-state index contributed by atoms with van der Waals surface area (Å²) in [5, 5.41) is 12.0. The largest absolute Gasteiger partial charge is 0.479 e. The predicted molar refractivity (Wildman–Crippen MR) is 75.1 cm³/mol. The molecule has 1 saturated carbocycles. The molecular formula is C13H23NO5S. The Hall–Kier alpha value is -1.11. The van der Waals surface area contributed by atoms with Crippen LogP contribution in [-0.4, -0.2) is 41.9 Å². The monoisotopic (exact) mass is 305 g/mol. The molecule has 1 aliphatic rings. The van der Waals surface area contributed by atoms with Crippen LogP contribution in [0.3, 0.4) is 0 Å². The molecule has 116 valence electrons. The van der Waals surface area contributed by atoms with Crippen molar-refractivity contribution in [2.24, 2.45) is 5.92 Å². The molecule has 1 aliphatic carbocycles. The van der Waals surface area contributed by atoms with Crippen molar-refractivity contribution < 1.29 is 23.1 Å². The molecular weight excluding hydrogens is 282 g/mol. The van der Waals surface area contributed by atoms with Crippen molar-refractivity contribution in [3.8, 4) is 0 Å². The lowest BCUT2D eigenvalue weighted by Crippen LogP contribution is -2.64. The molecule has 7 heteroatoms. The fourth-order valence-corrected chi connectivity index (χ4v) is 2.81. The Labute approximate surface area is 119 Å². The zero-order valence-corrected chi connectivity index (χ0v) is 13.2. The number of aliphatic carboxylic acids is 1. The molecule has 0 heterocycles. The van der Waals surface area contributed by atoms with E-state index in [0.29, 0.717) is 19.3 Å². The molecule has 6 nitrogen and oxygen atoms in total. The molecule has 0 saturated heterocycles. The highest BCUT2D eigenvalue weighted by Crippen LogP contribution is 2.34. The highest BCUT2D eigenvalue weighted by Gasteiger charge is 2.50. The Morgan fingerprint density at radius 2 is 1.85 bits per heavy atom. The van der Waals surface area contributed by atoms with Crippen LogP contribution in [0.4, 0.5) is 0 Å². The molecule has 1 fully saturated rings. The normalized spacial score (nSPS) is 27.9. The summed E-state index contributed by atoms with van der Waals surface area (Å²) in [5.74, 6) is -2.08. The van der Waals surface area contributed by atoms with Crippen LogP contribution in [0.2, 0.25) is 0 Å². The molecule has 20 heavy (non-hydrogen) atoms. The first-order valence-electron chi connectivity index (χ1n) is 6.71. The number of nitrogens with one attached hydrogen (secondary N) is 1. The average Bonchev–Trinajstić information content (AvgIpc) is 2.30. The van der Waals surface area contributed by atoms with Crippen LogP contribution in [0.25, 0.3) is 0 Å². The number of hydrogen-bond donors (Lipinski definition) is 2. The van der Waals surface area contributed by atoms with Gasteiger partial charge in [-0.3, -0.25) is 4.79 Å². The van der Waals surface area contributed by atoms with E-state index in [9.17, 15) is 23.1 Å². The highest BCUT2D eigenvalue weighted by atomic mass is 32.2. The standard InChI is InChI=1S/C13H23NO5S/c1-9-7-5-6-8-13(9,11(16)17)14-10(15)12(2,3)20(4,18)19/h9H,5-8H2,1-4H3,(H,14,15)(H,16,17). The molecule has 1 amide bonds. The second-order valence-corrected chi connectivity index (χ2v) is 8.72. The van der Waals surface area contributed by atoms with Gasteiger partial charge in [0.2, 0.25) is 5.91 Å². The van der Waals surface area contributed by atoms with E-state index in [-0.39, 0.29) is 5.92 Å². The van der Waals surface area contributed by atoms with E-state index in [4.69, 9.17) is 0 Å². The molecule has 0 spiro atoms. The lowest BCUT2D eigenvalue weighted by molar-refractivity contribution is -0.152. The maximum atomic E-state index is 12.3. The summed E-state index contributed by atoms with van der Waals surface area (Å²) in [5.41, 5.74) is -1.36. The van der Waals surface area contributed by atoms with Gasteiger partial charge in [0.05, 0.1) is 0 Å². The number of rotatable bonds is 4. The van der Waals surface area contributed by atoms with Gasteiger partial charge in [0.25, 0.3) is 0 Å². The fraction of sp³-hybridized carbons (Fsp3) is 0.846. The van der Waals surface area contributed by atoms with Gasteiger partial charge in [0.15, 0.2) is 9.84 Å². The van der Waals surface area contributed by atoms with Gasteiger partial charge in [-0.15, -0.1) is 0 Å². The Bertz CT molecular complexity index is 511. The first-order valence-corrected chi connectivity index (χ1v) is 8.60. The highest BCUT2D eigenvalue weighted by molar-refractivity contribution is 7.92. The molecule has 0 aromatic heterocycles. The zero-order valence-electron chi connectivity index (χ0n) is 12.4. The summed E-state index contributed by atoms with van der Waals surface area (Å²) in [6, 6.07) is 0. The summed E-state index contributed by atoms with van der Waals surface area (Å²) in [4.78, 5) is 23.9. The Kier molecular flexibility index (Phi) is 4.53. The second kappa shape index (κ2) is 5.35. The van der Waals surface area contributed by atoms with Gasteiger partial charge in [0.1, 0.15) is 10.3 Å². The van der Waals surface area contributed by atoms with Crippen LogP contribution in [-0.2, 0) is 19.4 Å². The number of sulfone groups is 1. The first-order chi connectivity index (χ1) is 8.95. The SMILES string of the molecule is CC1CCCCC1(NC(=O)C(C)(C)S(C)(=O)=O)C(=O)O. The lowest BCUT2D eigenvalue weighted by Gasteiger charge is -2.41. The second-order valence-electron chi connectivity index (χ2n) is 6.16. The summed E-state index contributed by atoms with van der Waals surface area (Å²) < 4.78 is 21.7. The van der Waals surface area contributed by atoms with Gasteiger partial charge >= 0.3 is 5.97 Å². The van der Waals surface area contributed by atoms with Crippen molar-refractivity contribution in [3.63, 3.8) is 0 Å². The average molecular weight is 305 g/mol. The van der Waals surface area contributed by atoms with Crippen molar-refractivity contribution in [3.05, 3.63) is 0 Å². The van der Waals surface area contributed by atoms with Gasteiger partial charge in [-0.25, -0.2) is 13.2 Å². The molecule has 0 aromatic carbocycles. The van der Waals surface area contributed by atoms with Gasteiger partial charge in [-0.05, 0) is 32.6 Å². The fourth-order valence-electron chi connectivity index (χ4n) is 2.43. The van der Waals surface area contributed by atoms with Crippen molar-refractivity contribution in [2.45, 2.75) is 56.7 Å². The van der Waals surface area contributed by atoms with Crippen LogP contribution in [0.1, 0.15) is 46.5 Å². The van der Waals surface area contributed by atoms with Crippen molar-refractivity contribution >= 4 is 21.7 Å². The van der Waals surface area contributed by atoms with Crippen LogP contribution in [0.15, 0.2) is 0 Å². The maximum absolute atomic E-state index is 12.3. The van der Waals surface area contributed by atoms with Crippen LogP contribution in [0.5, 0.6) is 0 Å². The minimum Gasteiger partial charge on any atom is -0.479 e. The molecule has 0 bridgehead atoms. The van der Waals surface area contributed by atoms with Crippen molar-refractivity contribution in [1.82, 2.24) is 5.32 Å². The minimum absolute atomic E-state index is 0.229. The van der Waals surface area contributed by atoms with Crippen LogP contribution in [0, 0.1) is 5.92 Å². The third-order valence-electron chi connectivity index (χ3n) is 4.49. The zero-order chi connectivity index (χ0) is 15.8. The molecule has 2 atom stereocenters. The minimum atomic E-state index is -3.63. The molecule has 2 unspecified atom stereocenters. The smallest absolute Gasteiger partial charge is 0.329 e. The van der Waals surface area contributed by atoms with E-state index in [1.165, 1.54) is 13.8 Å². The molecule has 0 aliphatic heterocycles. The third-order valence-corrected chi connectivity index (χ3v) is 6.53. The number of carboxylic acid groups (broad SMARTS) is 1. The van der Waals surface area contributed by atoms with E-state index in [1.807, 2.05) is 0 Å². The topological polar surface area (TPSA) is 101 Å². The van der Waals surface area contributed by atoms with Crippen molar-refractivity contribution in [2.75, 3.05) is 6.26 Å². The van der Waals surface area contributed by atoms with Gasteiger partial charge in [-0.1, -0.05) is 19.8 Å². The number of carbonyl (C=O) groups excluding carboxylic acids is 1. The van der Waals surface area contributed by atoms with E-state index in [1.54, 1.807) is 6.92 Å². The Morgan fingerprint density at radius 1 is 1.30 bits per heavy atom. The number of carbonyl (C=O) groups is 2. The number of carboxylic acids is 1. The molecule has 2 N–H and O–H groups in total. The van der Waals surface area contributed by atoms with E-state index < -0.39 is 32.0 Å². The Balaban J connectivity index is 3.10. The van der Waals surface area contributed by atoms with E-state index in [2.05, 4.69) is 5.32 Å². The van der Waals surface area contributed by atoms with Crippen LogP contribution < -0.4 is 5.32 Å². The van der Waals surface area contributed by atoms with Crippen LogP contribution >= 0.6 is 0 Å². The predicted octanol–water partition coefficient (Wildman–Crippen LogP) is 0.959. The molecule has 1 rings (SSSR count). The van der Waals surface area contributed by atoms with Gasteiger partial charge in [-0.2, -0.15) is 0 Å². The maximum Gasteiger partial charge on any atom is 0.329 e. The quantitative estimate of drug-likeness (QED) is 0.805. The van der Waals surface area contributed by atoms with Gasteiger partial charge < -0.3 is 10.4 Å². The first kappa shape index (κ1) is 16.9. The molecule has 0 aromatic rings. The summed E-state index contributed by atoms with van der Waals surface area (Å²) in [6.07, 6.45) is 3.63. The molecule has 0 radical (unpaired) electrons. The van der Waals surface area contributed by atoms with Crippen molar-refractivity contribution in [1.29, 1.82) is 0 Å². The number of hydrogen-bond acceptors (Lipinski definition) is 4. The number of amides is 1.